The van der Waals surface area contributed by atoms with Crippen molar-refractivity contribution in [3.8, 4) is 11.5 Å². The van der Waals surface area contributed by atoms with Crippen molar-refractivity contribution in [2.24, 2.45) is 0 Å². The smallest absolute Gasteiger partial charge is 0.316 e. The summed E-state index contributed by atoms with van der Waals surface area (Å²) < 4.78 is 19.7. The number of halogens is 4. The second-order valence-corrected chi connectivity index (χ2v) is 6.71. The molecule has 0 aliphatic heterocycles. The fraction of sp³-hybridized carbons (Fsp3) is 0.0769. The number of benzene rings is 2. The lowest BCUT2D eigenvalue weighted by Crippen LogP contribution is -2.11. The van der Waals surface area contributed by atoms with Crippen LogP contribution in [-0.2, 0) is 11.3 Å². The van der Waals surface area contributed by atoms with Gasteiger partial charge in [0.1, 0.15) is 5.75 Å². The van der Waals surface area contributed by atoms with Gasteiger partial charge in [-0.15, -0.1) is 0 Å². The van der Waals surface area contributed by atoms with Crippen LogP contribution in [0.15, 0.2) is 24.3 Å². The fourth-order valence-electron chi connectivity index (χ4n) is 1.56. The maximum absolute atomic E-state index is 12.0. The normalized spacial score (nSPS) is 12.0. The van der Waals surface area contributed by atoms with Crippen molar-refractivity contribution in [1.82, 2.24) is 0 Å². The van der Waals surface area contributed by atoms with Crippen LogP contribution in [0.4, 0.5) is 5.69 Å². The van der Waals surface area contributed by atoms with E-state index in [9.17, 15) is 9.32 Å². The molecular formula is C13H9Cl4NO3S. The molecule has 0 amide bonds. The highest BCUT2D eigenvalue weighted by Gasteiger charge is 2.12. The quantitative estimate of drug-likeness (QED) is 0.534. The summed E-state index contributed by atoms with van der Waals surface area (Å²) in [5.74, 6) is 0.0787. The number of nitrogens with one attached hydrogen (secondary N) is 1. The number of anilines is 1. The lowest BCUT2D eigenvalue weighted by atomic mass is 10.2. The van der Waals surface area contributed by atoms with E-state index in [2.05, 4.69) is 4.72 Å². The van der Waals surface area contributed by atoms with Crippen molar-refractivity contribution in [1.29, 1.82) is 0 Å². The Morgan fingerprint density at radius 2 is 1.64 bits per heavy atom. The number of rotatable bonds is 4. The van der Waals surface area contributed by atoms with E-state index in [1.165, 1.54) is 18.2 Å². The lowest BCUT2D eigenvalue weighted by Gasteiger charge is -2.11. The standard InChI is InChI=1S/C13H9Cl4NO3S/c1-6-2-7(3-11(17)13(6)19)18-22(20)21-12-5-9(15)8(14)4-10(12)16/h2-5,18-19H,1H3. The Hall–Kier alpha value is -0.850. The van der Waals surface area contributed by atoms with E-state index in [1.54, 1.807) is 13.0 Å². The molecule has 0 bridgehead atoms. The summed E-state index contributed by atoms with van der Waals surface area (Å²) in [6, 6.07) is 5.74. The number of aromatic hydroxyl groups is 1. The molecule has 22 heavy (non-hydrogen) atoms. The van der Waals surface area contributed by atoms with Gasteiger partial charge in [-0.25, -0.2) is 0 Å². The Kier molecular flexibility index (Phi) is 5.69. The first kappa shape index (κ1) is 17.5. The largest absolute Gasteiger partial charge is 0.506 e. The fourth-order valence-corrected chi connectivity index (χ4v) is 3.10. The second kappa shape index (κ2) is 7.15. The van der Waals surface area contributed by atoms with Crippen LogP contribution in [0.25, 0.3) is 0 Å². The van der Waals surface area contributed by atoms with Gasteiger partial charge in [-0.1, -0.05) is 46.4 Å². The topological polar surface area (TPSA) is 58.6 Å². The molecule has 0 saturated carbocycles. The molecule has 9 heteroatoms. The zero-order valence-electron chi connectivity index (χ0n) is 11.0. The van der Waals surface area contributed by atoms with E-state index in [1.807, 2.05) is 0 Å². The molecular weight excluding hydrogens is 392 g/mol. The molecule has 0 heterocycles. The van der Waals surface area contributed by atoms with Gasteiger partial charge in [0, 0.05) is 6.07 Å². The first-order valence-electron chi connectivity index (χ1n) is 5.78. The lowest BCUT2D eigenvalue weighted by molar-refractivity contribution is 0.471. The van der Waals surface area contributed by atoms with E-state index in [4.69, 9.17) is 50.6 Å². The molecule has 2 aromatic carbocycles. The van der Waals surface area contributed by atoms with E-state index in [0.29, 0.717) is 11.3 Å². The van der Waals surface area contributed by atoms with Crippen molar-refractivity contribution >= 4 is 63.4 Å². The summed E-state index contributed by atoms with van der Waals surface area (Å²) in [6.07, 6.45) is 0. The van der Waals surface area contributed by atoms with Gasteiger partial charge < -0.3 is 9.29 Å². The Morgan fingerprint density at radius 3 is 2.27 bits per heavy atom. The molecule has 0 fully saturated rings. The van der Waals surface area contributed by atoms with Gasteiger partial charge in [-0.3, -0.25) is 4.72 Å². The summed E-state index contributed by atoms with van der Waals surface area (Å²) in [7, 11) is 0. The van der Waals surface area contributed by atoms with Gasteiger partial charge in [0.05, 0.1) is 25.8 Å². The van der Waals surface area contributed by atoms with Crippen LogP contribution < -0.4 is 8.91 Å². The molecule has 0 aromatic heterocycles. The maximum Gasteiger partial charge on any atom is 0.316 e. The predicted molar refractivity (Wildman–Crippen MR) is 91.7 cm³/mol. The van der Waals surface area contributed by atoms with E-state index < -0.39 is 11.3 Å². The number of aryl methyl sites for hydroxylation is 1. The van der Waals surface area contributed by atoms with Gasteiger partial charge in [0.15, 0.2) is 5.75 Å². The molecule has 2 aromatic rings. The van der Waals surface area contributed by atoms with Crippen molar-refractivity contribution in [3.63, 3.8) is 0 Å². The third-order valence-electron chi connectivity index (χ3n) is 2.60. The Labute approximate surface area is 149 Å². The van der Waals surface area contributed by atoms with Crippen molar-refractivity contribution in [2.45, 2.75) is 6.92 Å². The molecule has 1 unspecified atom stereocenters. The zero-order chi connectivity index (χ0) is 16.4. The van der Waals surface area contributed by atoms with Crippen molar-refractivity contribution in [3.05, 3.63) is 49.9 Å². The number of hydrogen-bond acceptors (Lipinski definition) is 3. The van der Waals surface area contributed by atoms with Crippen molar-refractivity contribution in [2.75, 3.05) is 4.72 Å². The summed E-state index contributed by atoms with van der Waals surface area (Å²) >= 11 is 21.5. The third-order valence-corrected chi connectivity index (χ3v) is 4.63. The average Bonchev–Trinajstić information content (AvgIpc) is 2.42. The van der Waals surface area contributed by atoms with E-state index in [0.717, 1.165) is 0 Å². The van der Waals surface area contributed by atoms with E-state index >= 15 is 0 Å². The van der Waals surface area contributed by atoms with Crippen LogP contribution in [0, 0.1) is 6.92 Å². The number of phenols is 1. The van der Waals surface area contributed by atoms with Crippen LogP contribution in [-0.4, -0.2) is 9.32 Å². The first-order valence-corrected chi connectivity index (χ1v) is 8.37. The second-order valence-electron chi connectivity index (χ2n) is 4.24. The van der Waals surface area contributed by atoms with Crippen LogP contribution in [0.5, 0.6) is 11.5 Å². The Morgan fingerprint density at radius 1 is 1.00 bits per heavy atom. The summed E-state index contributed by atoms with van der Waals surface area (Å²) in [6.45, 7) is 1.66. The van der Waals surface area contributed by atoms with Crippen LogP contribution in [0.3, 0.4) is 0 Å². The predicted octanol–water partition coefficient (Wildman–Crippen LogP) is 5.38. The molecule has 0 aliphatic rings. The van der Waals surface area contributed by atoms with Gasteiger partial charge in [0.2, 0.25) is 0 Å². The van der Waals surface area contributed by atoms with Crippen molar-refractivity contribution < 1.29 is 13.5 Å². The van der Waals surface area contributed by atoms with Gasteiger partial charge in [-0.05, 0) is 30.7 Å². The molecule has 2 N–H and O–H groups in total. The molecule has 2 rings (SSSR count). The first-order chi connectivity index (χ1) is 10.3. The monoisotopic (exact) mass is 399 g/mol. The number of phenolic OH excluding ortho intramolecular Hbond substituents is 1. The minimum atomic E-state index is -1.95. The average molecular weight is 401 g/mol. The SMILES string of the molecule is Cc1cc(NS(=O)Oc2cc(Cl)c(Cl)cc2Cl)cc(Cl)c1O. The highest BCUT2D eigenvalue weighted by atomic mass is 35.5. The minimum Gasteiger partial charge on any atom is -0.506 e. The van der Waals surface area contributed by atoms with Crippen LogP contribution in [0.1, 0.15) is 5.56 Å². The molecule has 0 saturated heterocycles. The summed E-state index contributed by atoms with van der Waals surface area (Å²) in [5.41, 5.74) is 0.939. The third kappa shape index (κ3) is 4.12. The Balaban J connectivity index is 2.16. The zero-order valence-corrected chi connectivity index (χ0v) is 14.8. The highest BCUT2D eigenvalue weighted by molar-refractivity contribution is 7.82. The van der Waals surface area contributed by atoms with Gasteiger partial charge in [0.25, 0.3) is 0 Å². The van der Waals surface area contributed by atoms with Gasteiger partial charge in [-0.2, -0.15) is 4.21 Å². The summed E-state index contributed by atoms with van der Waals surface area (Å²) in [4.78, 5) is 0. The maximum atomic E-state index is 12.0. The van der Waals surface area contributed by atoms with Crippen LogP contribution >= 0.6 is 46.4 Å². The minimum absolute atomic E-state index is 0.0357. The molecule has 4 nitrogen and oxygen atoms in total. The highest BCUT2D eigenvalue weighted by Crippen LogP contribution is 2.35. The molecule has 0 spiro atoms. The summed E-state index contributed by atoms with van der Waals surface area (Å²) in [5, 5.41) is 10.4. The molecule has 118 valence electrons. The van der Waals surface area contributed by atoms with Gasteiger partial charge >= 0.3 is 11.3 Å². The molecule has 0 aliphatic carbocycles. The molecule has 0 radical (unpaired) electrons. The number of hydrogen-bond donors (Lipinski definition) is 2. The van der Waals surface area contributed by atoms with E-state index in [-0.39, 0.29) is 31.6 Å². The van der Waals surface area contributed by atoms with Crippen LogP contribution in [0.2, 0.25) is 20.1 Å². The Bertz CT molecular complexity index is 731. The molecule has 1 atom stereocenters.